The van der Waals surface area contributed by atoms with Gasteiger partial charge in [0.05, 0.1) is 6.42 Å². The Morgan fingerprint density at radius 2 is 1.81 bits per heavy atom. The van der Waals surface area contributed by atoms with E-state index in [2.05, 4.69) is 31.5 Å². The lowest BCUT2D eigenvalue weighted by Crippen LogP contribution is -2.16. The van der Waals surface area contributed by atoms with E-state index in [1.165, 1.54) is 12.1 Å². The van der Waals surface area contributed by atoms with Crippen molar-refractivity contribution < 1.29 is 14.0 Å². The molecule has 3 rings (SSSR count). The molecule has 5 nitrogen and oxygen atoms in total. The summed E-state index contributed by atoms with van der Waals surface area (Å²) in [5, 5.41) is 5.40. The van der Waals surface area contributed by atoms with Crippen molar-refractivity contribution in [2.45, 2.75) is 6.42 Å². The van der Waals surface area contributed by atoms with Crippen molar-refractivity contribution >= 4 is 39.2 Å². The number of hydrogen-bond donors (Lipinski definition) is 2. The summed E-state index contributed by atoms with van der Waals surface area (Å²) in [6.07, 6.45) is 1.62. The molecule has 0 aliphatic heterocycles. The predicted molar refractivity (Wildman–Crippen MR) is 105 cm³/mol. The van der Waals surface area contributed by atoms with Crippen LogP contribution in [0.15, 0.2) is 71.3 Å². The summed E-state index contributed by atoms with van der Waals surface area (Å²) in [7, 11) is 0. The minimum Gasteiger partial charge on any atom is -0.326 e. The molecule has 3 aromatic rings. The van der Waals surface area contributed by atoms with E-state index in [4.69, 9.17) is 0 Å². The number of nitrogens with one attached hydrogen (secondary N) is 2. The number of carbonyl (C=O) groups excluding carboxylic acids is 2. The van der Waals surface area contributed by atoms with E-state index in [0.717, 1.165) is 4.47 Å². The van der Waals surface area contributed by atoms with Crippen molar-refractivity contribution in [3.8, 4) is 0 Å². The van der Waals surface area contributed by atoms with Crippen molar-refractivity contribution in [1.29, 1.82) is 0 Å². The van der Waals surface area contributed by atoms with Crippen LogP contribution in [0.25, 0.3) is 0 Å². The molecule has 0 aliphatic carbocycles. The molecule has 0 aliphatic rings. The second kappa shape index (κ2) is 8.55. The summed E-state index contributed by atoms with van der Waals surface area (Å²) >= 11 is 3.28. The second-order valence-electron chi connectivity index (χ2n) is 5.75. The van der Waals surface area contributed by atoms with Crippen molar-refractivity contribution in [3.05, 3.63) is 88.3 Å². The van der Waals surface area contributed by atoms with E-state index in [1.54, 1.807) is 54.7 Å². The zero-order chi connectivity index (χ0) is 19.2. The number of carbonyl (C=O) groups is 2. The normalized spacial score (nSPS) is 10.3. The summed E-state index contributed by atoms with van der Waals surface area (Å²) in [5.41, 5.74) is 1.43. The fraction of sp³-hybridized carbons (Fsp3) is 0.0500. The fourth-order valence-corrected chi connectivity index (χ4v) is 2.65. The molecule has 0 radical (unpaired) electrons. The van der Waals surface area contributed by atoms with Gasteiger partial charge in [-0.05, 0) is 64.0 Å². The van der Waals surface area contributed by atoms with Gasteiger partial charge in [-0.3, -0.25) is 9.59 Å². The third-order valence-electron chi connectivity index (χ3n) is 3.63. The van der Waals surface area contributed by atoms with Gasteiger partial charge in [0, 0.05) is 21.9 Å². The second-order valence-corrected chi connectivity index (χ2v) is 6.67. The van der Waals surface area contributed by atoms with Crippen LogP contribution in [-0.4, -0.2) is 16.8 Å². The van der Waals surface area contributed by atoms with Gasteiger partial charge in [-0.1, -0.05) is 18.2 Å². The van der Waals surface area contributed by atoms with Crippen LogP contribution in [0, 0.1) is 5.82 Å². The van der Waals surface area contributed by atoms with E-state index in [-0.39, 0.29) is 24.1 Å². The van der Waals surface area contributed by atoms with E-state index >= 15 is 0 Å². The average molecular weight is 428 g/mol. The maximum Gasteiger partial charge on any atom is 0.256 e. The Bertz CT molecular complexity index is 977. The van der Waals surface area contributed by atoms with Gasteiger partial charge < -0.3 is 10.6 Å². The van der Waals surface area contributed by atoms with Crippen molar-refractivity contribution in [2.24, 2.45) is 0 Å². The molecule has 0 saturated heterocycles. The van der Waals surface area contributed by atoms with Crippen LogP contribution in [0.5, 0.6) is 0 Å². The largest absolute Gasteiger partial charge is 0.326 e. The molecular weight excluding hydrogens is 413 g/mol. The number of pyridine rings is 1. The highest BCUT2D eigenvalue weighted by atomic mass is 79.9. The third kappa shape index (κ3) is 5.46. The standard InChI is InChI=1S/C20H15BrFN3O2/c21-15-7-8-18(23-12-15)25-20(27)14-4-2-6-17(11-14)24-19(26)10-13-3-1-5-16(22)9-13/h1-9,11-12H,10H2,(H,24,26)(H,23,25,27). The Morgan fingerprint density at radius 1 is 1.00 bits per heavy atom. The number of nitrogens with zero attached hydrogens (tertiary/aromatic N) is 1. The van der Waals surface area contributed by atoms with E-state index in [0.29, 0.717) is 22.6 Å². The predicted octanol–water partition coefficient (Wildman–Crippen LogP) is 4.42. The lowest BCUT2D eigenvalue weighted by molar-refractivity contribution is -0.115. The number of rotatable bonds is 5. The first-order chi connectivity index (χ1) is 13.0. The summed E-state index contributed by atoms with van der Waals surface area (Å²) in [4.78, 5) is 28.6. The number of anilines is 2. The van der Waals surface area contributed by atoms with Crippen LogP contribution in [0.1, 0.15) is 15.9 Å². The van der Waals surface area contributed by atoms with Crippen LogP contribution in [0.3, 0.4) is 0 Å². The number of hydrogen-bond acceptors (Lipinski definition) is 3. The first-order valence-corrected chi connectivity index (χ1v) is 8.86. The van der Waals surface area contributed by atoms with Gasteiger partial charge in [0.15, 0.2) is 0 Å². The van der Waals surface area contributed by atoms with Crippen molar-refractivity contribution in [3.63, 3.8) is 0 Å². The van der Waals surface area contributed by atoms with Crippen LogP contribution in [-0.2, 0) is 11.2 Å². The summed E-state index contributed by atoms with van der Waals surface area (Å²) in [5.74, 6) is -0.608. The maximum absolute atomic E-state index is 13.2. The molecule has 0 bridgehead atoms. The van der Waals surface area contributed by atoms with Crippen molar-refractivity contribution in [2.75, 3.05) is 10.6 Å². The fourth-order valence-electron chi connectivity index (χ4n) is 2.41. The molecule has 2 N–H and O–H groups in total. The number of benzene rings is 2. The highest BCUT2D eigenvalue weighted by Gasteiger charge is 2.10. The van der Waals surface area contributed by atoms with Gasteiger partial charge >= 0.3 is 0 Å². The number of amides is 2. The highest BCUT2D eigenvalue weighted by molar-refractivity contribution is 9.10. The molecule has 0 atom stereocenters. The van der Waals surface area contributed by atoms with E-state index in [1.807, 2.05) is 0 Å². The number of aromatic nitrogens is 1. The lowest BCUT2D eigenvalue weighted by Gasteiger charge is -2.08. The van der Waals surface area contributed by atoms with Gasteiger partial charge in [0.25, 0.3) is 5.91 Å². The van der Waals surface area contributed by atoms with E-state index < -0.39 is 0 Å². The Balaban J connectivity index is 1.65. The zero-order valence-corrected chi connectivity index (χ0v) is 15.7. The van der Waals surface area contributed by atoms with Gasteiger partial charge in [0.2, 0.25) is 5.91 Å². The highest BCUT2D eigenvalue weighted by Crippen LogP contribution is 2.15. The van der Waals surface area contributed by atoms with Gasteiger partial charge in [-0.25, -0.2) is 9.37 Å². The summed E-state index contributed by atoms with van der Waals surface area (Å²) < 4.78 is 14.0. The number of halogens is 2. The van der Waals surface area contributed by atoms with Gasteiger partial charge in [0.1, 0.15) is 11.6 Å². The molecule has 0 saturated carbocycles. The maximum atomic E-state index is 13.2. The first-order valence-electron chi connectivity index (χ1n) is 8.07. The van der Waals surface area contributed by atoms with Gasteiger partial charge in [-0.15, -0.1) is 0 Å². The lowest BCUT2D eigenvalue weighted by atomic mass is 10.1. The monoisotopic (exact) mass is 427 g/mol. The molecule has 1 aromatic heterocycles. The summed E-state index contributed by atoms with van der Waals surface area (Å²) in [6.45, 7) is 0. The molecule has 0 unspecified atom stereocenters. The molecule has 1 heterocycles. The molecular formula is C20H15BrFN3O2. The molecule has 7 heteroatoms. The van der Waals surface area contributed by atoms with Gasteiger partial charge in [-0.2, -0.15) is 0 Å². The topological polar surface area (TPSA) is 71.1 Å². The summed E-state index contributed by atoms with van der Waals surface area (Å²) in [6, 6.07) is 15.9. The SMILES string of the molecule is O=C(Cc1cccc(F)c1)Nc1cccc(C(=O)Nc2ccc(Br)cn2)c1. The smallest absolute Gasteiger partial charge is 0.256 e. The molecule has 136 valence electrons. The van der Waals surface area contributed by atoms with Crippen LogP contribution in [0.4, 0.5) is 15.9 Å². The Kier molecular flexibility index (Phi) is 5.93. The molecule has 0 fully saturated rings. The molecule has 0 spiro atoms. The Morgan fingerprint density at radius 3 is 2.56 bits per heavy atom. The average Bonchev–Trinajstić information content (AvgIpc) is 2.63. The quantitative estimate of drug-likeness (QED) is 0.632. The zero-order valence-electron chi connectivity index (χ0n) is 14.1. The van der Waals surface area contributed by atoms with Crippen molar-refractivity contribution in [1.82, 2.24) is 4.98 Å². The molecule has 2 aromatic carbocycles. The van der Waals surface area contributed by atoms with E-state index in [9.17, 15) is 14.0 Å². The first kappa shape index (κ1) is 18.7. The minimum absolute atomic E-state index is 0.0387. The van der Waals surface area contributed by atoms with Crippen LogP contribution >= 0.6 is 15.9 Å². The molecule has 2 amide bonds. The van der Waals surface area contributed by atoms with Crippen LogP contribution in [0.2, 0.25) is 0 Å². The Labute approximate surface area is 163 Å². The third-order valence-corrected chi connectivity index (χ3v) is 4.10. The molecule has 27 heavy (non-hydrogen) atoms. The van der Waals surface area contributed by atoms with Crippen LogP contribution < -0.4 is 10.6 Å². The Hall–Kier alpha value is -3.06. The minimum atomic E-state index is -0.388.